The van der Waals surface area contributed by atoms with Crippen molar-refractivity contribution in [2.24, 2.45) is 5.10 Å². The van der Waals surface area contributed by atoms with Crippen LogP contribution >= 0.6 is 0 Å². The molecule has 1 aliphatic rings. The number of hydrazone groups is 1. The Hall–Kier alpha value is -2.80. The van der Waals surface area contributed by atoms with Gasteiger partial charge in [-0.1, -0.05) is 42.0 Å². The third-order valence-electron chi connectivity index (χ3n) is 4.49. The van der Waals surface area contributed by atoms with Gasteiger partial charge in [0.2, 0.25) is 10.0 Å². The second-order valence-electron chi connectivity index (χ2n) is 6.44. The highest BCUT2D eigenvalue weighted by Gasteiger charge is 2.35. The predicted molar refractivity (Wildman–Crippen MR) is 101 cm³/mol. The first-order valence-electron chi connectivity index (χ1n) is 8.27. The molecule has 1 aromatic heterocycles. The molecule has 2 heterocycles. The van der Waals surface area contributed by atoms with E-state index in [-0.39, 0.29) is 0 Å². The van der Waals surface area contributed by atoms with Gasteiger partial charge in [-0.25, -0.2) is 8.42 Å². The largest absolute Gasteiger partial charge is 0.253 e. The lowest BCUT2D eigenvalue weighted by Crippen LogP contribution is -2.26. The van der Waals surface area contributed by atoms with E-state index in [0.29, 0.717) is 11.9 Å². The minimum absolute atomic E-state index is 0.429. The minimum atomic E-state index is -3.52. The van der Waals surface area contributed by atoms with Crippen molar-refractivity contribution < 1.29 is 8.42 Å². The normalized spacial score (nSPS) is 17.5. The van der Waals surface area contributed by atoms with Gasteiger partial charge in [-0.05, 0) is 18.6 Å². The van der Waals surface area contributed by atoms with E-state index in [9.17, 15) is 8.42 Å². The highest BCUT2D eigenvalue weighted by atomic mass is 32.2. The quantitative estimate of drug-likeness (QED) is 0.714. The zero-order valence-electron chi connectivity index (χ0n) is 14.5. The van der Waals surface area contributed by atoms with Gasteiger partial charge in [-0.3, -0.25) is 9.97 Å². The van der Waals surface area contributed by atoms with Crippen LogP contribution < -0.4 is 0 Å². The summed E-state index contributed by atoms with van der Waals surface area (Å²) in [7, 11) is -3.52. The van der Waals surface area contributed by atoms with Crippen molar-refractivity contribution in [1.29, 1.82) is 0 Å². The Balaban J connectivity index is 1.82. The number of sulfonamides is 1. The number of rotatable bonds is 3. The lowest BCUT2D eigenvalue weighted by molar-refractivity contribution is 0.376. The van der Waals surface area contributed by atoms with Gasteiger partial charge in [0.25, 0.3) is 0 Å². The molecule has 0 spiro atoms. The van der Waals surface area contributed by atoms with E-state index >= 15 is 0 Å². The summed E-state index contributed by atoms with van der Waals surface area (Å²) in [5.41, 5.74) is 5.08. The molecule has 0 fully saturated rings. The van der Waals surface area contributed by atoms with E-state index in [1.165, 1.54) is 10.7 Å². The Morgan fingerprint density at radius 1 is 1.04 bits per heavy atom. The third kappa shape index (κ3) is 2.94. The third-order valence-corrected chi connectivity index (χ3v) is 5.50. The van der Waals surface area contributed by atoms with Crippen LogP contribution in [0.2, 0.25) is 0 Å². The van der Waals surface area contributed by atoms with Crippen LogP contribution in [0.3, 0.4) is 0 Å². The molecule has 0 amide bonds. The summed E-state index contributed by atoms with van der Waals surface area (Å²) in [5.74, 6) is 0. The number of nitrogens with zero attached hydrogens (tertiary/aromatic N) is 4. The average Bonchev–Trinajstić information content (AvgIpc) is 3.07. The smallest absolute Gasteiger partial charge is 0.247 e. The molecule has 6 nitrogen and oxygen atoms in total. The molecule has 26 heavy (non-hydrogen) atoms. The molecule has 3 aromatic rings. The highest BCUT2D eigenvalue weighted by Crippen LogP contribution is 2.36. The summed E-state index contributed by atoms with van der Waals surface area (Å²) in [6.45, 7) is 2.01. The van der Waals surface area contributed by atoms with Gasteiger partial charge in [-0.15, -0.1) is 0 Å². The first-order valence-corrected chi connectivity index (χ1v) is 10.1. The Kier molecular flexibility index (Phi) is 3.96. The monoisotopic (exact) mass is 366 g/mol. The van der Waals surface area contributed by atoms with E-state index in [2.05, 4.69) is 15.1 Å². The van der Waals surface area contributed by atoms with Crippen LogP contribution in [0.25, 0.3) is 11.0 Å². The van der Waals surface area contributed by atoms with E-state index in [1.807, 2.05) is 49.4 Å². The molecule has 0 saturated carbocycles. The Bertz CT molecular complexity index is 1100. The van der Waals surface area contributed by atoms with Gasteiger partial charge in [0, 0.05) is 24.4 Å². The maximum Gasteiger partial charge on any atom is 0.247 e. The summed E-state index contributed by atoms with van der Waals surface area (Å²) in [4.78, 5) is 8.74. The molecule has 0 N–H and O–H groups in total. The number of aromatic nitrogens is 2. The van der Waals surface area contributed by atoms with Gasteiger partial charge >= 0.3 is 0 Å². The second-order valence-corrected chi connectivity index (χ2v) is 8.28. The Labute approximate surface area is 152 Å². The molecule has 0 bridgehead atoms. The van der Waals surface area contributed by atoms with Gasteiger partial charge in [0.15, 0.2) is 0 Å². The fourth-order valence-corrected chi connectivity index (χ4v) is 4.13. The van der Waals surface area contributed by atoms with Crippen molar-refractivity contribution in [3.05, 3.63) is 71.5 Å². The maximum absolute atomic E-state index is 12.4. The van der Waals surface area contributed by atoms with Gasteiger partial charge in [0.05, 0.1) is 29.0 Å². The highest BCUT2D eigenvalue weighted by molar-refractivity contribution is 7.88. The summed E-state index contributed by atoms with van der Waals surface area (Å²) in [6.07, 6.45) is 4.92. The van der Waals surface area contributed by atoms with Crippen LogP contribution in [0, 0.1) is 6.92 Å². The fourth-order valence-electron chi connectivity index (χ4n) is 3.23. The molecule has 7 heteroatoms. The van der Waals surface area contributed by atoms with Gasteiger partial charge in [0.1, 0.15) is 0 Å². The maximum atomic E-state index is 12.4. The van der Waals surface area contributed by atoms with Crippen LogP contribution in [0.5, 0.6) is 0 Å². The molecular weight excluding hydrogens is 348 g/mol. The fraction of sp³-hybridized carbons (Fsp3) is 0.211. The van der Waals surface area contributed by atoms with Crippen LogP contribution in [-0.2, 0) is 10.0 Å². The van der Waals surface area contributed by atoms with Crippen molar-refractivity contribution in [2.75, 3.05) is 6.26 Å². The standard InChI is InChI=1S/C19H18N4O2S/c1-13-6-8-14(9-7-13)17-12-18(23(22-17)26(2,24)25)15-4-3-5-16-19(15)21-11-10-20-16/h3-11,18H,12H2,1-2H3/t18-/m1/s1. The van der Waals surface area contributed by atoms with Crippen molar-refractivity contribution in [1.82, 2.24) is 14.4 Å². The molecule has 0 unspecified atom stereocenters. The van der Waals surface area contributed by atoms with E-state index in [4.69, 9.17) is 0 Å². The topological polar surface area (TPSA) is 75.5 Å². The Morgan fingerprint density at radius 2 is 1.77 bits per heavy atom. The van der Waals surface area contributed by atoms with Crippen molar-refractivity contribution in [3.63, 3.8) is 0 Å². The zero-order valence-corrected chi connectivity index (χ0v) is 15.3. The number of hydrogen-bond donors (Lipinski definition) is 0. The van der Waals surface area contributed by atoms with Crippen LogP contribution in [0.4, 0.5) is 0 Å². The molecule has 0 radical (unpaired) electrons. The summed E-state index contributed by atoms with van der Waals surface area (Å²) in [6, 6.07) is 13.2. The number of benzene rings is 2. The number of hydrogen-bond acceptors (Lipinski definition) is 5. The van der Waals surface area contributed by atoms with Crippen LogP contribution in [-0.4, -0.2) is 34.8 Å². The molecule has 1 atom stereocenters. The van der Waals surface area contributed by atoms with Crippen molar-refractivity contribution in [2.45, 2.75) is 19.4 Å². The molecule has 1 aliphatic heterocycles. The summed E-state index contributed by atoms with van der Waals surface area (Å²) in [5, 5.41) is 4.44. The molecule has 2 aromatic carbocycles. The molecule has 0 saturated heterocycles. The average molecular weight is 366 g/mol. The Morgan fingerprint density at radius 3 is 2.50 bits per heavy atom. The van der Waals surface area contributed by atoms with Gasteiger partial charge in [-0.2, -0.15) is 9.52 Å². The minimum Gasteiger partial charge on any atom is -0.253 e. The molecule has 4 rings (SSSR count). The van der Waals surface area contributed by atoms with Gasteiger partial charge < -0.3 is 0 Å². The first kappa shape index (κ1) is 16.7. The SMILES string of the molecule is Cc1ccc(C2=NN(S(C)(=O)=O)[C@@H](c3cccc4nccnc34)C2)cc1. The first-order chi connectivity index (χ1) is 12.4. The molecule has 0 aliphatic carbocycles. The predicted octanol–water partition coefficient (Wildman–Crippen LogP) is 3.05. The van der Waals surface area contributed by atoms with E-state index in [1.54, 1.807) is 12.4 Å². The van der Waals surface area contributed by atoms with E-state index in [0.717, 1.165) is 27.9 Å². The lowest BCUT2D eigenvalue weighted by atomic mass is 9.97. The van der Waals surface area contributed by atoms with Crippen molar-refractivity contribution >= 4 is 26.8 Å². The number of aryl methyl sites for hydroxylation is 1. The second kappa shape index (κ2) is 6.17. The van der Waals surface area contributed by atoms with E-state index < -0.39 is 16.1 Å². The summed E-state index contributed by atoms with van der Waals surface area (Å²) >= 11 is 0. The van der Waals surface area contributed by atoms with Crippen LogP contribution in [0.15, 0.2) is 60.0 Å². The lowest BCUT2D eigenvalue weighted by Gasteiger charge is -2.22. The van der Waals surface area contributed by atoms with Crippen molar-refractivity contribution in [3.8, 4) is 0 Å². The molecular formula is C19H18N4O2S. The molecule has 132 valence electrons. The number of fused-ring (bicyclic) bond motifs is 1. The zero-order chi connectivity index (χ0) is 18.3. The van der Waals surface area contributed by atoms with Crippen LogP contribution in [0.1, 0.15) is 29.2 Å². The summed E-state index contributed by atoms with van der Waals surface area (Å²) < 4.78 is 25.9. The number of para-hydroxylation sites is 1.